The number of aromatic amines is 1. The zero-order valence-corrected chi connectivity index (χ0v) is 13.4. The van der Waals surface area contributed by atoms with Gasteiger partial charge in [0.2, 0.25) is 0 Å². The molecule has 7 nitrogen and oxygen atoms in total. The smallest absolute Gasteiger partial charge is 0.358 e. The van der Waals surface area contributed by atoms with E-state index >= 15 is 0 Å². The fourth-order valence-corrected chi connectivity index (χ4v) is 2.01. The van der Waals surface area contributed by atoms with Crippen molar-refractivity contribution >= 4 is 17.6 Å². The van der Waals surface area contributed by atoms with Gasteiger partial charge in [0.05, 0.1) is 19.0 Å². The molecule has 1 amide bonds. The summed E-state index contributed by atoms with van der Waals surface area (Å²) in [7, 11) is 5.30. The second-order valence-corrected chi connectivity index (χ2v) is 5.35. The lowest BCUT2D eigenvalue weighted by atomic mass is 10.1. The Morgan fingerprint density at radius 2 is 1.96 bits per heavy atom. The van der Waals surface area contributed by atoms with Crippen LogP contribution in [0.5, 0.6) is 0 Å². The molecule has 0 radical (unpaired) electrons. The lowest BCUT2D eigenvalue weighted by molar-refractivity contribution is 0.0595. The summed E-state index contributed by atoms with van der Waals surface area (Å²) in [4.78, 5) is 25.9. The Morgan fingerprint density at radius 3 is 2.57 bits per heavy atom. The lowest BCUT2D eigenvalue weighted by Gasteiger charge is -2.09. The van der Waals surface area contributed by atoms with Gasteiger partial charge in [-0.3, -0.25) is 9.89 Å². The summed E-state index contributed by atoms with van der Waals surface area (Å²) in [6.45, 7) is 0.947. The Balaban J connectivity index is 2.04. The second kappa shape index (κ2) is 7.55. The predicted molar refractivity (Wildman–Crippen MR) is 86.6 cm³/mol. The monoisotopic (exact) mass is 316 g/mol. The summed E-state index contributed by atoms with van der Waals surface area (Å²) < 4.78 is 4.62. The van der Waals surface area contributed by atoms with Crippen molar-refractivity contribution in [2.45, 2.75) is 6.42 Å². The number of esters is 1. The Morgan fingerprint density at radius 1 is 1.26 bits per heavy atom. The number of rotatable bonds is 6. The van der Waals surface area contributed by atoms with Gasteiger partial charge in [-0.05, 0) is 38.2 Å². The fraction of sp³-hybridized carbons (Fsp3) is 0.312. The maximum atomic E-state index is 12.2. The molecule has 0 aliphatic heterocycles. The van der Waals surface area contributed by atoms with E-state index in [9.17, 15) is 9.59 Å². The normalized spacial score (nSPS) is 10.6. The molecule has 7 heteroatoms. The lowest BCUT2D eigenvalue weighted by Crippen LogP contribution is -2.16. The Kier molecular flexibility index (Phi) is 5.48. The molecule has 0 unspecified atom stereocenters. The quantitative estimate of drug-likeness (QED) is 0.790. The third kappa shape index (κ3) is 4.40. The first kappa shape index (κ1) is 16.7. The van der Waals surface area contributed by atoms with Gasteiger partial charge in [0.25, 0.3) is 5.91 Å². The number of nitrogens with zero attached hydrogens (tertiary/aromatic N) is 2. The molecule has 0 aliphatic rings. The zero-order valence-electron chi connectivity index (χ0n) is 13.4. The van der Waals surface area contributed by atoms with E-state index < -0.39 is 5.97 Å². The number of anilines is 1. The van der Waals surface area contributed by atoms with Crippen LogP contribution >= 0.6 is 0 Å². The molecule has 0 saturated carbocycles. The van der Waals surface area contributed by atoms with Crippen LogP contribution in [0.15, 0.2) is 30.5 Å². The second-order valence-electron chi connectivity index (χ2n) is 5.35. The molecule has 0 saturated heterocycles. The molecule has 122 valence electrons. The van der Waals surface area contributed by atoms with Crippen molar-refractivity contribution in [1.29, 1.82) is 0 Å². The van der Waals surface area contributed by atoms with Gasteiger partial charge in [-0.15, -0.1) is 0 Å². The van der Waals surface area contributed by atoms with Gasteiger partial charge in [0.15, 0.2) is 5.69 Å². The topological polar surface area (TPSA) is 87.3 Å². The molecule has 0 aliphatic carbocycles. The molecule has 2 N–H and O–H groups in total. The molecule has 1 aromatic heterocycles. The van der Waals surface area contributed by atoms with Crippen LogP contribution in [0.2, 0.25) is 0 Å². The number of H-pyrrole nitrogens is 1. The molecule has 0 bridgehead atoms. The van der Waals surface area contributed by atoms with Crippen molar-refractivity contribution in [2.24, 2.45) is 0 Å². The molecule has 2 rings (SSSR count). The van der Waals surface area contributed by atoms with Crippen molar-refractivity contribution in [3.05, 3.63) is 47.3 Å². The maximum absolute atomic E-state index is 12.2. The number of methoxy groups -OCH3 is 1. The SMILES string of the molecule is COC(=O)c1[nH]ncc1NC(=O)c1ccc(CCN(C)C)cc1. The van der Waals surface area contributed by atoms with Crippen molar-refractivity contribution in [3.8, 4) is 0 Å². The highest BCUT2D eigenvalue weighted by atomic mass is 16.5. The Labute approximate surface area is 134 Å². The minimum atomic E-state index is -0.586. The van der Waals surface area contributed by atoms with E-state index in [1.165, 1.54) is 13.3 Å². The highest BCUT2D eigenvalue weighted by molar-refractivity contribution is 6.07. The summed E-state index contributed by atoms with van der Waals surface area (Å²) in [5.41, 5.74) is 2.08. The summed E-state index contributed by atoms with van der Waals surface area (Å²) in [6, 6.07) is 7.38. The van der Waals surface area contributed by atoms with Gasteiger partial charge in [-0.1, -0.05) is 12.1 Å². The average Bonchev–Trinajstić information content (AvgIpc) is 3.00. The molecule has 1 aromatic carbocycles. The fourth-order valence-electron chi connectivity index (χ4n) is 2.01. The van der Waals surface area contributed by atoms with E-state index in [0.717, 1.165) is 18.5 Å². The number of amides is 1. The molecule has 0 atom stereocenters. The number of benzene rings is 1. The molecular weight excluding hydrogens is 296 g/mol. The van der Waals surface area contributed by atoms with Gasteiger partial charge in [0, 0.05) is 12.1 Å². The van der Waals surface area contributed by atoms with Crippen LogP contribution in [0.3, 0.4) is 0 Å². The standard InChI is InChI=1S/C16H20N4O3/c1-20(2)9-8-11-4-6-12(7-5-11)15(21)18-13-10-17-19-14(13)16(22)23-3/h4-7,10H,8-9H2,1-3H3,(H,17,19)(H,18,21). The van der Waals surface area contributed by atoms with Crippen molar-refractivity contribution in [3.63, 3.8) is 0 Å². The highest BCUT2D eigenvalue weighted by Gasteiger charge is 2.16. The Bertz CT molecular complexity index is 677. The largest absolute Gasteiger partial charge is 0.464 e. The van der Waals surface area contributed by atoms with Gasteiger partial charge in [-0.25, -0.2) is 4.79 Å². The molecule has 23 heavy (non-hydrogen) atoms. The van der Waals surface area contributed by atoms with Crippen molar-refractivity contribution in [1.82, 2.24) is 15.1 Å². The van der Waals surface area contributed by atoms with Gasteiger partial charge in [0.1, 0.15) is 0 Å². The number of aromatic nitrogens is 2. The van der Waals surface area contributed by atoms with Gasteiger partial charge >= 0.3 is 5.97 Å². The van der Waals surface area contributed by atoms with E-state index in [1.54, 1.807) is 12.1 Å². The first-order valence-corrected chi connectivity index (χ1v) is 7.18. The molecule has 1 heterocycles. The number of likely N-dealkylation sites (N-methyl/N-ethyl adjacent to an activating group) is 1. The van der Waals surface area contributed by atoms with Crippen LogP contribution in [-0.2, 0) is 11.2 Å². The summed E-state index contributed by atoms with van der Waals surface area (Å²) in [5, 5.41) is 8.90. The predicted octanol–water partition coefficient (Wildman–Crippen LogP) is 1.55. The minimum Gasteiger partial charge on any atom is -0.464 e. The van der Waals surface area contributed by atoms with Crippen molar-refractivity contribution in [2.75, 3.05) is 33.1 Å². The van der Waals surface area contributed by atoms with E-state index in [1.807, 2.05) is 26.2 Å². The third-order valence-electron chi connectivity index (χ3n) is 3.34. The average molecular weight is 316 g/mol. The van der Waals surface area contributed by atoms with Crippen LogP contribution in [0, 0.1) is 0 Å². The van der Waals surface area contributed by atoms with Crippen LogP contribution in [0.1, 0.15) is 26.4 Å². The van der Waals surface area contributed by atoms with Gasteiger partial charge in [-0.2, -0.15) is 5.10 Å². The first-order valence-electron chi connectivity index (χ1n) is 7.18. The zero-order chi connectivity index (χ0) is 16.8. The number of nitrogens with one attached hydrogen (secondary N) is 2. The highest BCUT2D eigenvalue weighted by Crippen LogP contribution is 2.14. The number of hydrogen-bond donors (Lipinski definition) is 2. The van der Waals surface area contributed by atoms with Gasteiger partial charge < -0.3 is 15.0 Å². The molecular formula is C16H20N4O3. The number of carbonyl (C=O) groups excluding carboxylic acids is 2. The summed E-state index contributed by atoms with van der Waals surface area (Å²) in [5.74, 6) is -0.896. The van der Waals surface area contributed by atoms with Crippen molar-refractivity contribution < 1.29 is 14.3 Å². The van der Waals surface area contributed by atoms with E-state index in [0.29, 0.717) is 11.3 Å². The van der Waals surface area contributed by atoms with E-state index in [4.69, 9.17) is 0 Å². The van der Waals surface area contributed by atoms with Crippen LogP contribution in [0.4, 0.5) is 5.69 Å². The molecule has 0 fully saturated rings. The maximum Gasteiger partial charge on any atom is 0.358 e. The van der Waals surface area contributed by atoms with Crippen LogP contribution in [0.25, 0.3) is 0 Å². The summed E-state index contributed by atoms with van der Waals surface area (Å²) in [6.07, 6.45) is 2.29. The summed E-state index contributed by atoms with van der Waals surface area (Å²) >= 11 is 0. The van der Waals surface area contributed by atoms with E-state index in [2.05, 4.69) is 25.2 Å². The third-order valence-corrected chi connectivity index (χ3v) is 3.34. The molecule has 2 aromatic rings. The Hall–Kier alpha value is -2.67. The number of ether oxygens (including phenoxy) is 1. The number of hydrogen-bond acceptors (Lipinski definition) is 5. The first-order chi connectivity index (χ1) is 11.0. The van der Waals surface area contributed by atoms with E-state index in [-0.39, 0.29) is 11.6 Å². The van der Waals surface area contributed by atoms with Crippen LogP contribution in [-0.4, -0.2) is 54.7 Å². The van der Waals surface area contributed by atoms with Crippen LogP contribution < -0.4 is 5.32 Å². The molecule has 0 spiro atoms. The number of carbonyl (C=O) groups is 2. The minimum absolute atomic E-state index is 0.114.